The number of likely N-dealkylation sites (tertiary alicyclic amines) is 1. The maximum absolute atomic E-state index is 11.7. The van der Waals surface area contributed by atoms with E-state index in [1.54, 1.807) is 4.90 Å². The molecule has 4 rings (SSSR count). The van der Waals surface area contributed by atoms with Gasteiger partial charge >= 0.3 is 0 Å². The highest BCUT2D eigenvalue weighted by Gasteiger charge is 2.22. The van der Waals surface area contributed by atoms with E-state index in [1.807, 2.05) is 29.8 Å². The van der Waals surface area contributed by atoms with Gasteiger partial charge in [-0.1, -0.05) is 23.4 Å². The number of carbonyl (C=O) groups is 1. The summed E-state index contributed by atoms with van der Waals surface area (Å²) in [5, 5.41) is 9.22. The number of hydrogen-bond acceptors (Lipinski definition) is 6. The molecule has 0 radical (unpaired) electrons. The number of thioether (sulfide) groups is 1. The van der Waals surface area contributed by atoms with Crippen molar-refractivity contribution in [2.75, 3.05) is 6.54 Å². The quantitative estimate of drug-likeness (QED) is 0.636. The second-order valence-electron chi connectivity index (χ2n) is 5.89. The number of aryl methyl sites for hydroxylation is 1. The lowest BCUT2D eigenvalue weighted by atomic mass is 10.3. The summed E-state index contributed by atoms with van der Waals surface area (Å²) < 4.78 is 7.66. The highest BCUT2D eigenvalue weighted by atomic mass is 35.5. The molecule has 130 valence electrons. The van der Waals surface area contributed by atoms with Crippen molar-refractivity contribution in [2.24, 2.45) is 7.05 Å². The zero-order valence-electron chi connectivity index (χ0n) is 13.6. The van der Waals surface area contributed by atoms with E-state index >= 15 is 0 Å². The molecule has 0 unspecified atom stereocenters. The molecule has 25 heavy (non-hydrogen) atoms. The number of benzene rings is 1. The summed E-state index contributed by atoms with van der Waals surface area (Å²) in [6.45, 7) is 1.14. The number of amides is 1. The van der Waals surface area contributed by atoms with Crippen molar-refractivity contribution in [3.8, 4) is 0 Å². The maximum Gasteiger partial charge on any atom is 0.277 e. The van der Waals surface area contributed by atoms with E-state index < -0.39 is 0 Å². The van der Waals surface area contributed by atoms with Gasteiger partial charge in [-0.05, 0) is 24.6 Å². The highest BCUT2D eigenvalue weighted by molar-refractivity contribution is 7.98. The molecule has 1 aliphatic heterocycles. The van der Waals surface area contributed by atoms with E-state index in [4.69, 9.17) is 16.0 Å². The van der Waals surface area contributed by atoms with Gasteiger partial charge < -0.3 is 13.9 Å². The van der Waals surface area contributed by atoms with Gasteiger partial charge in [0.1, 0.15) is 5.82 Å². The van der Waals surface area contributed by atoms with Gasteiger partial charge in [0.25, 0.3) is 5.22 Å². The van der Waals surface area contributed by atoms with Crippen LogP contribution in [0.1, 0.15) is 24.6 Å². The Morgan fingerprint density at radius 2 is 2.24 bits per heavy atom. The van der Waals surface area contributed by atoms with Crippen LogP contribution in [0.15, 0.2) is 27.8 Å². The van der Waals surface area contributed by atoms with E-state index in [-0.39, 0.29) is 5.91 Å². The molecule has 0 aliphatic carbocycles. The fourth-order valence-electron chi connectivity index (χ4n) is 2.87. The Balaban J connectivity index is 1.43. The van der Waals surface area contributed by atoms with Crippen molar-refractivity contribution < 1.29 is 9.21 Å². The number of carbonyl (C=O) groups excluding carboxylic acids is 1. The van der Waals surface area contributed by atoms with Crippen LogP contribution in [0, 0.1) is 0 Å². The maximum atomic E-state index is 11.7. The molecule has 0 spiro atoms. The van der Waals surface area contributed by atoms with Crippen LogP contribution in [0.5, 0.6) is 0 Å². The number of fused-ring (bicyclic) bond motifs is 1. The summed E-state index contributed by atoms with van der Waals surface area (Å²) >= 11 is 7.45. The van der Waals surface area contributed by atoms with Crippen LogP contribution in [-0.4, -0.2) is 37.1 Å². The summed E-state index contributed by atoms with van der Waals surface area (Å²) in [6, 6.07) is 5.66. The Labute approximate surface area is 153 Å². The number of aromatic nitrogens is 4. The molecule has 1 saturated heterocycles. The SMILES string of the molecule is Cn1c(CSc2nnc(CN3CCCC3=O)o2)nc2cc(Cl)ccc21. The van der Waals surface area contributed by atoms with Crippen molar-refractivity contribution in [1.82, 2.24) is 24.6 Å². The van der Waals surface area contributed by atoms with Crippen LogP contribution >= 0.6 is 23.4 Å². The zero-order valence-corrected chi connectivity index (χ0v) is 15.2. The molecule has 1 amide bonds. The molecule has 3 aromatic rings. The summed E-state index contributed by atoms with van der Waals surface area (Å²) in [7, 11) is 1.97. The number of imidazole rings is 1. The number of nitrogens with zero attached hydrogens (tertiary/aromatic N) is 5. The van der Waals surface area contributed by atoms with Gasteiger partial charge in [0.2, 0.25) is 11.8 Å². The molecular formula is C16H16ClN5O2S. The minimum absolute atomic E-state index is 0.144. The minimum atomic E-state index is 0.144. The second kappa shape index (κ2) is 6.68. The van der Waals surface area contributed by atoms with Gasteiger partial charge in [-0.3, -0.25) is 4.79 Å². The Kier molecular flexibility index (Phi) is 4.39. The summed E-state index contributed by atoms with van der Waals surface area (Å²) in [5.74, 6) is 2.12. The predicted molar refractivity (Wildman–Crippen MR) is 94.2 cm³/mol. The molecular weight excluding hydrogens is 362 g/mol. The molecule has 9 heteroatoms. The summed E-state index contributed by atoms with van der Waals surface area (Å²) in [4.78, 5) is 18.0. The summed E-state index contributed by atoms with van der Waals surface area (Å²) in [5.41, 5.74) is 1.89. The second-order valence-corrected chi connectivity index (χ2v) is 7.25. The lowest BCUT2D eigenvalue weighted by Crippen LogP contribution is -2.23. The van der Waals surface area contributed by atoms with Gasteiger partial charge in [0.05, 0.1) is 23.3 Å². The fourth-order valence-corrected chi connectivity index (χ4v) is 3.80. The van der Waals surface area contributed by atoms with Crippen LogP contribution in [0.3, 0.4) is 0 Å². The molecule has 1 aliphatic rings. The Morgan fingerprint density at radius 3 is 3.04 bits per heavy atom. The Hall–Kier alpha value is -2.06. The lowest BCUT2D eigenvalue weighted by Gasteiger charge is -2.11. The molecule has 0 saturated carbocycles. The van der Waals surface area contributed by atoms with Crippen molar-refractivity contribution in [3.63, 3.8) is 0 Å². The third-order valence-corrected chi connectivity index (χ3v) is 5.26. The smallest absolute Gasteiger partial charge is 0.277 e. The first-order chi connectivity index (χ1) is 12.1. The van der Waals surface area contributed by atoms with Gasteiger partial charge in [0, 0.05) is 25.0 Å². The van der Waals surface area contributed by atoms with E-state index in [9.17, 15) is 4.79 Å². The standard InChI is InChI=1S/C16H16ClN5O2S/c1-21-12-5-4-10(17)7-11(12)18-13(21)9-25-16-20-19-14(24-16)8-22-6-2-3-15(22)23/h4-5,7H,2-3,6,8-9H2,1H3. The van der Waals surface area contributed by atoms with Crippen LogP contribution in [0.4, 0.5) is 0 Å². The Bertz CT molecular complexity index is 938. The first kappa shape index (κ1) is 16.4. The van der Waals surface area contributed by atoms with Crippen molar-refractivity contribution in [2.45, 2.75) is 30.4 Å². The average molecular weight is 378 g/mol. The first-order valence-electron chi connectivity index (χ1n) is 7.94. The van der Waals surface area contributed by atoms with Crippen LogP contribution in [-0.2, 0) is 24.1 Å². The highest BCUT2D eigenvalue weighted by Crippen LogP contribution is 2.25. The van der Waals surface area contributed by atoms with Crippen LogP contribution in [0.2, 0.25) is 5.02 Å². The largest absolute Gasteiger partial charge is 0.414 e. The number of halogens is 1. The summed E-state index contributed by atoms with van der Waals surface area (Å²) in [6.07, 6.45) is 1.50. The number of hydrogen-bond donors (Lipinski definition) is 0. The third kappa shape index (κ3) is 3.36. The zero-order chi connectivity index (χ0) is 17.4. The molecule has 2 aromatic heterocycles. The molecule has 7 nitrogen and oxygen atoms in total. The first-order valence-corrected chi connectivity index (χ1v) is 9.30. The fraction of sp³-hybridized carbons (Fsp3) is 0.375. The van der Waals surface area contributed by atoms with Crippen LogP contribution in [0.25, 0.3) is 11.0 Å². The molecule has 1 fully saturated rings. The normalized spacial score (nSPS) is 14.8. The average Bonchev–Trinajstić information content (AvgIpc) is 3.27. The number of rotatable bonds is 5. The molecule has 0 atom stereocenters. The van der Waals surface area contributed by atoms with Gasteiger partial charge in [-0.15, -0.1) is 10.2 Å². The molecule has 0 bridgehead atoms. The van der Waals surface area contributed by atoms with E-state index in [1.165, 1.54) is 11.8 Å². The van der Waals surface area contributed by atoms with Crippen molar-refractivity contribution in [1.29, 1.82) is 0 Å². The third-order valence-electron chi connectivity index (χ3n) is 4.21. The van der Waals surface area contributed by atoms with Gasteiger partial charge in [0.15, 0.2) is 0 Å². The topological polar surface area (TPSA) is 77.0 Å². The molecule has 0 N–H and O–H groups in total. The van der Waals surface area contributed by atoms with E-state index in [2.05, 4.69) is 15.2 Å². The predicted octanol–water partition coefficient (Wildman–Crippen LogP) is 3.02. The van der Waals surface area contributed by atoms with Crippen molar-refractivity contribution >= 4 is 40.3 Å². The molecule has 1 aromatic carbocycles. The minimum Gasteiger partial charge on any atom is -0.414 e. The van der Waals surface area contributed by atoms with Crippen LogP contribution < -0.4 is 0 Å². The van der Waals surface area contributed by atoms with Crippen molar-refractivity contribution in [3.05, 3.63) is 34.9 Å². The lowest BCUT2D eigenvalue weighted by molar-refractivity contribution is -0.128. The monoisotopic (exact) mass is 377 g/mol. The van der Waals surface area contributed by atoms with E-state index in [0.29, 0.717) is 34.9 Å². The van der Waals surface area contributed by atoms with Gasteiger partial charge in [-0.2, -0.15) is 0 Å². The van der Waals surface area contributed by atoms with E-state index in [0.717, 1.165) is 29.8 Å². The van der Waals surface area contributed by atoms with Gasteiger partial charge in [-0.25, -0.2) is 4.98 Å². The Morgan fingerprint density at radius 1 is 1.36 bits per heavy atom. The molecule has 3 heterocycles.